The second-order valence-corrected chi connectivity index (χ2v) is 4.83. The summed E-state index contributed by atoms with van der Waals surface area (Å²) in [6.45, 7) is 0. The van der Waals surface area contributed by atoms with Crippen LogP contribution in [0.1, 0.15) is 26.3 Å². The van der Waals surface area contributed by atoms with Crippen LogP contribution >= 0.6 is 0 Å². The number of halogens is 4. The Kier molecular flexibility index (Phi) is 4.26. The lowest BCUT2D eigenvalue weighted by molar-refractivity contribution is -0.137. The molecule has 0 radical (unpaired) electrons. The van der Waals surface area contributed by atoms with Gasteiger partial charge in [0.25, 0.3) is 5.56 Å². The molecule has 132 valence electrons. The number of hydrogen-bond donors (Lipinski definition) is 4. The van der Waals surface area contributed by atoms with Crippen LogP contribution in [0.25, 0.3) is 11.1 Å². The van der Waals surface area contributed by atoms with Crippen LogP contribution in [0.4, 0.5) is 23.4 Å². The van der Waals surface area contributed by atoms with Gasteiger partial charge in [-0.05, 0) is 23.8 Å². The van der Waals surface area contributed by atoms with Gasteiger partial charge in [0.2, 0.25) is 0 Å². The molecule has 0 bridgehead atoms. The van der Waals surface area contributed by atoms with Crippen LogP contribution < -0.4 is 11.3 Å². The van der Waals surface area contributed by atoms with E-state index < -0.39 is 63.1 Å². The molecule has 0 saturated carbocycles. The number of nitrogens with one attached hydrogen (secondary N) is 1. The van der Waals surface area contributed by atoms with Crippen LogP contribution in [0.15, 0.2) is 23.0 Å². The lowest BCUT2D eigenvalue weighted by Gasteiger charge is -2.14. The number of aromatic carboxylic acids is 2. The Morgan fingerprint density at radius 2 is 1.60 bits per heavy atom. The molecule has 0 amide bonds. The van der Waals surface area contributed by atoms with Crippen LogP contribution in [0.3, 0.4) is 0 Å². The third-order valence-electron chi connectivity index (χ3n) is 3.19. The highest BCUT2D eigenvalue weighted by atomic mass is 19.4. The zero-order valence-corrected chi connectivity index (χ0v) is 11.9. The molecule has 0 aliphatic rings. The van der Waals surface area contributed by atoms with Crippen molar-refractivity contribution >= 4 is 17.8 Å². The summed E-state index contributed by atoms with van der Waals surface area (Å²) >= 11 is 0. The maximum absolute atomic E-state index is 13.6. The van der Waals surface area contributed by atoms with E-state index in [0.29, 0.717) is 12.1 Å². The molecule has 0 atom stereocenters. The summed E-state index contributed by atoms with van der Waals surface area (Å²) in [6, 6.07) is 0.944. The predicted molar refractivity (Wildman–Crippen MR) is 75.8 cm³/mol. The second kappa shape index (κ2) is 5.92. The monoisotopic (exact) mass is 360 g/mol. The number of pyridine rings is 1. The van der Waals surface area contributed by atoms with Crippen LogP contribution in [0.5, 0.6) is 0 Å². The van der Waals surface area contributed by atoms with Gasteiger partial charge < -0.3 is 20.9 Å². The number of nitrogen functional groups attached to an aromatic ring is 1. The summed E-state index contributed by atoms with van der Waals surface area (Å²) in [6.07, 6.45) is -4.99. The zero-order chi connectivity index (χ0) is 19.1. The second-order valence-electron chi connectivity index (χ2n) is 4.83. The van der Waals surface area contributed by atoms with Gasteiger partial charge in [-0.1, -0.05) is 0 Å². The Hall–Kier alpha value is -3.37. The first kappa shape index (κ1) is 18.0. The minimum absolute atomic E-state index is 0.140. The average Bonchev–Trinajstić information content (AvgIpc) is 2.43. The van der Waals surface area contributed by atoms with Crippen molar-refractivity contribution in [1.29, 1.82) is 0 Å². The van der Waals surface area contributed by atoms with E-state index in [2.05, 4.69) is 0 Å². The third-order valence-corrected chi connectivity index (χ3v) is 3.19. The first-order valence-corrected chi connectivity index (χ1v) is 6.34. The van der Waals surface area contributed by atoms with Gasteiger partial charge in [0.1, 0.15) is 22.8 Å². The lowest BCUT2D eigenvalue weighted by atomic mass is 9.94. The minimum atomic E-state index is -4.99. The number of benzene rings is 1. The maximum Gasteiger partial charge on any atom is 0.416 e. The molecule has 25 heavy (non-hydrogen) atoms. The van der Waals surface area contributed by atoms with Gasteiger partial charge in [0, 0.05) is 5.56 Å². The standard InChI is InChI=1S/C14H8F4N2O5/c15-6-2-4(1-5(3-6)14(16,17)18)7-8(12(22)23)10(19)20-11(21)9(7)13(24)25/h1-3H,(H,22,23)(H,24,25)(H3,19,20,21). The summed E-state index contributed by atoms with van der Waals surface area (Å²) in [4.78, 5) is 36.2. The van der Waals surface area contributed by atoms with Crippen molar-refractivity contribution in [3.8, 4) is 11.1 Å². The average molecular weight is 360 g/mol. The van der Waals surface area contributed by atoms with Crippen molar-refractivity contribution < 1.29 is 37.4 Å². The summed E-state index contributed by atoms with van der Waals surface area (Å²) < 4.78 is 52.1. The molecule has 0 aliphatic carbocycles. The number of nitrogens with two attached hydrogens (primary N) is 1. The fraction of sp³-hybridized carbons (Fsp3) is 0.0714. The molecule has 5 N–H and O–H groups in total. The number of H-pyrrole nitrogens is 1. The molecule has 1 aromatic heterocycles. The van der Waals surface area contributed by atoms with Crippen LogP contribution in [-0.4, -0.2) is 27.1 Å². The smallest absolute Gasteiger partial charge is 0.416 e. The Morgan fingerprint density at radius 1 is 1.04 bits per heavy atom. The molecule has 2 aromatic rings. The van der Waals surface area contributed by atoms with E-state index in [1.807, 2.05) is 0 Å². The molecular formula is C14H8F4N2O5. The van der Waals surface area contributed by atoms with E-state index in [4.69, 9.17) is 10.8 Å². The number of carbonyl (C=O) groups is 2. The number of aromatic nitrogens is 1. The first-order chi connectivity index (χ1) is 11.4. The fourth-order valence-corrected chi connectivity index (χ4v) is 2.23. The van der Waals surface area contributed by atoms with Crippen molar-refractivity contribution in [2.75, 3.05) is 5.73 Å². The number of carboxylic acids is 2. The van der Waals surface area contributed by atoms with Crippen LogP contribution in [0.2, 0.25) is 0 Å². The highest BCUT2D eigenvalue weighted by Gasteiger charge is 2.33. The van der Waals surface area contributed by atoms with E-state index in [0.717, 1.165) is 0 Å². The summed E-state index contributed by atoms with van der Waals surface area (Å²) in [5.74, 6) is -5.92. The Balaban J connectivity index is 3.01. The van der Waals surface area contributed by atoms with Gasteiger partial charge in [0.15, 0.2) is 0 Å². The molecule has 0 aliphatic heterocycles. The first-order valence-electron chi connectivity index (χ1n) is 6.34. The zero-order valence-electron chi connectivity index (χ0n) is 11.9. The molecule has 0 spiro atoms. The van der Waals surface area contributed by atoms with E-state index in [1.165, 1.54) is 0 Å². The highest BCUT2D eigenvalue weighted by molar-refractivity contribution is 6.07. The number of hydrogen-bond acceptors (Lipinski definition) is 4. The Bertz CT molecular complexity index is 949. The Morgan fingerprint density at radius 3 is 2.08 bits per heavy atom. The molecule has 2 rings (SSSR count). The van der Waals surface area contributed by atoms with Crippen molar-refractivity contribution in [3.63, 3.8) is 0 Å². The largest absolute Gasteiger partial charge is 0.478 e. The van der Waals surface area contributed by atoms with E-state index in [1.54, 1.807) is 4.98 Å². The molecule has 1 aromatic carbocycles. The van der Waals surface area contributed by atoms with Gasteiger partial charge >= 0.3 is 18.1 Å². The van der Waals surface area contributed by atoms with E-state index in [-0.39, 0.29) is 6.07 Å². The van der Waals surface area contributed by atoms with Crippen molar-refractivity contribution in [2.45, 2.75) is 6.18 Å². The summed E-state index contributed by atoms with van der Waals surface area (Å²) in [5, 5.41) is 18.3. The summed E-state index contributed by atoms with van der Waals surface area (Å²) in [5.41, 5.74) is -1.32. The van der Waals surface area contributed by atoms with Gasteiger partial charge in [0.05, 0.1) is 5.56 Å². The van der Waals surface area contributed by atoms with Gasteiger partial charge in [-0.25, -0.2) is 14.0 Å². The quantitative estimate of drug-likeness (QED) is 0.620. The van der Waals surface area contributed by atoms with Gasteiger partial charge in [-0.3, -0.25) is 4.79 Å². The molecule has 0 fully saturated rings. The predicted octanol–water partition coefficient (Wildman–Crippen LogP) is 2.18. The van der Waals surface area contributed by atoms with E-state index >= 15 is 0 Å². The third kappa shape index (κ3) is 3.29. The Labute approximate surface area is 135 Å². The van der Waals surface area contributed by atoms with Crippen LogP contribution in [0, 0.1) is 5.82 Å². The van der Waals surface area contributed by atoms with E-state index in [9.17, 15) is 37.1 Å². The highest BCUT2D eigenvalue weighted by Crippen LogP contribution is 2.35. The van der Waals surface area contributed by atoms with Crippen molar-refractivity contribution in [1.82, 2.24) is 4.98 Å². The molecule has 0 saturated heterocycles. The normalized spacial score (nSPS) is 11.4. The minimum Gasteiger partial charge on any atom is -0.478 e. The molecule has 7 nitrogen and oxygen atoms in total. The molecule has 0 unspecified atom stereocenters. The molecule has 11 heteroatoms. The lowest BCUT2D eigenvalue weighted by Crippen LogP contribution is -2.24. The maximum atomic E-state index is 13.6. The topological polar surface area (TPSA) is 133 Å². The number of alkyl halides is 3. The number of aromatic amines is 1. The van der Waals surface area contributed by atoms with Crippen molar-refractivity contribution in [3.05, 3.63) is 51.1 Å². The fourth-order valence-electron chi connectivity index (χ4n) is 2.23. The molecule has 1 heterocycles. The number of rotatable bonds is 3. The molecular weight excluding hydrogens is 352 g/mol. The van der Waals surface area contributed by atoms with Gasteiger partial charge in [-0.2, -0.15) is 13.2 Å². The summed E-state index contributed by atoms with van der Waals surface area (Å²) in [7, 11) is 0. The number of anilines is 1. The van der Waals surface area contributed by atoms with Crippen LogP contribution in [-0.2, 0) is 6.18 Å². The number of carboxylic acid groups (broad SMARTS) is 2. The van der Waals surface area contributed by atoms with Crippen molar-refractivity contribution in [2.24, 2.45) is 0 Å². The SMILES string of the molecule is Nc1[nH]c(=O)c(C(=O)O)c(-c2cc(F)cc(C(F)(F)F)c2)c1C(=O)O. The van der Waals surface area contributed by atoms with Gasteiger partial charge in [-0.15, -0.1) is 0 Å².